The van der Waals surface area contributed by atoms with Crippen molar-refractivity contribution in [1.82, 2.24) is 10.2 Å². The van der Waals surface area contributed by atoms with Crippen molar-refractivity contribution >= 4 is 17.6 Å². The summed E-state index contributed by atoms with van der Waals surface area (Å²) in [6, 6.07) is 11.7. The highest BCUT2D eigenvalue weighted by atomic mass is 35.5. The van der Waals surface area contributed by atoms with Crippen LogP contribution in [0.4, 0.5) is 0 Å². The molecule has 1 aromatic heterocycles. The molecule has 0 aliphatic rings. The van der Waals surface area contributed by atoms with Gasteiger partial charge in [0, 0.05) is 16.7 Å². The maximum Gasteiger partial charge on any atom is 0.338 e. The Balaban J connectivity index is 1.67. The van der Waals surface area contributed by atoms with E-state index in [2.05, 4.69) is 10.2 Å². The van der Waals surface area contributed by atoms with Gasteiger partial charge in [0.15, 0.2) is 6.61 Å². The van der Waals surface area contributed by atoms with Crippen molar-refractivity contribution in [2.75, 3.05) is 14.2 Å². The van der Waals surface area contributed by atoms with Crippen LogP contribution in [0.15, 0.2) is 46.9 Å². The molecule has 1 heterocycles. The number of rotatable bonds is 6. The monoisotopic (exact) mass is 374 g/mol. The van der Waals surface area contributed by atoms with E-state index in [9.17, 15) is 4.79 Å². The van der Waals surface area contributed by atoms with Gasteiger partial charge in [0.2, 0.25) is 5.89 Å². The highest BCUT2D eigenvalue weighted by molar-refractivity contribution is 6.30. The van der Waals surface area contributed by atoms with Crippen molar-refractivity contribution in [3.8, 4) is 23.0 Å². The third kappa shape index (κ3) is 4.12. The molecule has 3 rings (SSSR count). The first-order valence-electron chi connectivity index (χ1n) is 7.57. The van der Waals surface area contributed by atoms with Gasteiger partial charge in [-0.25, -0.2) is 4.79 Å². The molecule has 0 saturated heterocycles. The Hall–Kier alpha value is -3.06. The summed E-state index contributed by atoms with van der Waals surface area (Å²) in [5.74, 6) is 0.903. The minimum atomic E-state index is -0.562. The van der Waals surface area contributed by atoms with Crippen LogP contribution in [0.3, 0.4) is 0 Å². The van der Waals surface area contributed by atoms with Crippen LogP contribution < -0.4 is 9.47 Å². The lowest BCUT2D eigenvalue weighted by Gasteiger charge is -2.07. The number of carbonyl (C=O) groups excluding carboxylic acids is 1. The molecule has 8 heteroatoms. The fourth-order valence-corrected chi connectivity index (χ4v) is 2.28. The number of ether oxygens (including phenoxy) is 3. The van der Waals surface area contributed by atoms with Gasteiger partial charge < -0.3 is 18.6 Å². The normalized spacial score (nSPS) is 10.4. The Bertz CT molecular complexity index is 886. The molecule has 0 N–H and O–H groups in total. The van der Waals surface area contributed by atoms with Crippen molar-refractivity contribution < 1.29 is 23.4 Å². The second kappa shape index (κ2) is 7.88. The number of hydrogen-bond acceptors (Lipinski definition) is 7. The summed E-state index contributed by atoms with van der Waals surface area (Å²) >= 11 is 5.85. The average molecular weight is 375 g/mol. The predicted molar refractivity (Wildman–Crippen MR) is 93.4 cm³/mol. The largest absolute Gasteiger partial charge is 0.497 e. The van der Waals surface area contributed by atoms with E-state index in [0.717, 1.165) is 5.56 Å². The number of halogens is 1. The number of nitrogens with zero attached hydrogens (tertiary/aromatic N) is 2. The molecule has 0 atom stereocenters. The molecule has 0 amide bonds. The molecule has 0 radical (unpaired) electrons. The summed E-state index contributed by atoms with van der Waals surface area (Å²) < 4.78 is 21.0. The molecular formula is C18H15ClN2O5. The zero-order chi connectivity index (χ0) is 18.5. The van der Waals surface area contributed by atoms with E-state index in [4.69, 9.17) is 30.2 Å². The Morgan fingerprint density at radius 3 is 2.31 bits per heavy atom. The first kappa shape index (κ1) is 17.8. The van der Waals surface area contributed by atoms with Gasteiger partial charge in [-0.15, -0.1) is 10.2 Å². The van der Waals surface area contributed by atoms with Gasteiger partial charge in [-0.05, 0) is 36.4 Å². The molecule has 0 saturated carbocycles. The topological polar surface area (TPSA) is 83.7 Å². The average Bonchev–Trinajstić information content (AvgIpc) is 3.15. The minimum absolute atomic E-state index is 0.154. The molecule has 0 aliphatic carbocycles. The molecular weight excluding hydrogens is 360 g/mol. The van der Waals surface area contributed by atoms with E-state index in [0.29, 0.717) is 28.0 Å². The lowest BCUT2D eigenvalue weighted by atomic mass is 10.2. The van der Waals surface area contributed by atoms with Crippen LogP contribution in [0, 0.1) is 0 Å². The first-order chi connectivity index (χ1) is 12.6. The fraction of sp³-hybridized carbons (Fsp3) is 0.167. The van der Waals surface area contributed by atoms with Crippen LogP contribution in [0.1, 0.15) is 16.2 Å². The number of carbonyl (C=O) groups is 1. The number of methoxy groups -OCH3 is 2. The number of hydrogen-bond donors (Lipinski definition) is 0. The van der Waals surface area contributed by atoms with Crippen molar-refractivity contribution in [2.24, 2.45) is 0 Å². The number of aromatic nitrogens is 2. The molecule has 0 aliphatic heterocycles. The second-order valence-electron chi connectivity index (χ2n) is 5.19. The molecule has 7 nitrogen and oxygen atoms in total. The molecule has 0 spiro atoms. The summed E-state index contributed by atoms with van der Waals surface area (Å²) in [6.07, 6.45) is 0. The zero-order valence-electron chi connectivity index (χ0n) is 14.1. The van der Waals surface area contributed by atoms with E-state index >= 15 is 0 Å². The van der Waals surface area contributed by atoms with Gasteiger partial charge in [-0.2, -0.15) is 0 Å². The van der Waals surface area contributed by atoms with Gasteiger partial charge in [0.05, 0.1) is 19.8 Å². The van der Waals surface area contributed by atoms with Crippen molar-refractivity contribution in [3.63, 3.8) is 0 Å². The second-order valence-corrected chi connectivity index (χ2v) is 5.62. The van der Waals surface area contributed by atoms with E-state index < -0.39 is 5.97 Å². The molecule has 0 unspecified atom stereocenters. The van der Waals surface area contributed by atoms with Crippen molar-refractivity contribution in [1.29, 1.82) is 0 Å². The van der Waals surface area contributed by atoms with E-state index in [1.54, 1.807) is 42.5 Å². The Morgan fingerprint density at radius 2 is 1.69 bits per heavy atom. The highest BCUT2D eigenvalue weighted by Crippen LogP contribution is 2.24. The SMILES string of the molecule is COc1cc(OC)cc(C(=O)OCc2nnc(-c3ccc(Cl)cc3)o2)c1. The Kier molecular flexibility index (Phi) is 5.38. The van der Waals surface area contributed by atoms with Crippen LogP contribution in [-0.4, -0.2) is 30.4 Å². The fourth-order valence-electron chi connectivity index (χ4n) is 2.16. The molecule has 0 bridgehead atoms. The Labute approximate surface area is 154 Å². The van der Waals surface area contributed by atoms with E-state index in [1.807, 2.05) is 0 Å². The standard InChI is InChI=1S/C18H15ClN2O5/c1-23-14-7-12(8-15(9-14)24-2)18(22)25-10-16-20-21-17(26-16)11-3-5-13(19)6-4-11/h3-9H,10H2,1-2H3. The lowest BCUT2D eigenvalue weighted by Crippen LogP contribution is -2.06. The molecule has 134 valence electrons. The van der Waals surface area contributed by atoms with E-state index in [1.165, 1.54) is 14.2 Å². The summed E-state index contributed by atoms with van der Waals surface area (Å²) in [5.41, 5.74) is 1.01. The third-order valence-corrected chi connectivity index (χ3v) is 3.72. The lowest BCUT2D eigenvalue weighted by molar-refractivity contribution is 0.0438. The van der Waals surface area contributed by atoms with Crippen LogP contribution in [-0.2, 0) is 11.3 Å². The van der Waals surface area contributed by atoms with Crippen LogP contribution in [0.25, 0.3) is 11.5 Å². The summed E-state index contributed by atoms with van der Waals surface area (Å²) in [7, 11) is 3.00. The first-order valence-corrected chi connectivity index (χ1v) is 7.95. The minimum Gasteiger partial charge on any atom is -0.497 e. The smallest absolute Gasteiger partial charge is 0.338 e. The molecule has 3 aromatic rings. The van der Waals surface area contributed by atoms with Crippen LogP contribution >= 0.6 is 11.6 Å². The highest BCUT2D eigenvalue weighted by Gasteiger charge is 2.14. The van der Waals surface area contributed by atoms with E-state index in [-0.39, 0.29) is 12.5 Å². The van der Waals surface area contributed by atoms with Crippen molar-refractivity contribution in [3.05, 3.63) is 58.9 Å². The number of esters is 1. The Morgan fingerprint density at radius 1 is 1.04 bits per heavy atom. The quantitative estimate of drug-likeness (QED) is 0.607. The zero-order valence-corrected chi connectivity index (χ0v) is 14.8. The molecule has 26 heavy (non-hydrogen) atoms. The van der Waals surface area contributed by atoms with Gasteiger partial charge in [-0.3, -0.25) is 0 Å². The predicted octanol–water partition coefficient (Wildman–Crippen LogP) is 3.76. The third-order valence-electron chi connectivity index (χ3n) is 3.47. The van der Waals surface area contributed by atoms with Gasteiger partial charge >= 0.3 is 5.97 Å². The van der Waals surface area contributed by atoms with Crippen LogP contribution in [0.5, 0.6) is 11.5 Å². The summed E-state index contributed by atoms with van der Waals surface area (Å²) in [5, 5.41) is 8.41. The summed E-state index contributed by atoms with van der Waals surface area (Å²) in [6.45, 7) is -0.154. The van der Waals surface area contributed by atoms with Gasteiger partial charge in [0.1, 0.15) is 11.5 Å². The molecule has 0 fully saturated rings. The molecule has 2 aromatic carbocycles. The van der Waals surface area contributed by atoms with Gasteiger partial charge in [0.25, 0.3) is 5.89 Å². The van der Waals surface area contributed by atoms with Crippen LogP contribution in [0.2, 0.25) is 5.02 Å². The summed E-state index contributed by atoms with van der Waals surface area (Å²) in [4.78, 5) is 12.2. The maximum absolute atomic E-state index is 12.2. The number of benzene rings is 2. The van der Waals surface area contributed by atoms with Gasteiger partial charge in [-0.1, -0.05) is 11.6 Å². The van der Waals surface area contributed by atoms with Crippen molar-refractivity contribution in [2.45, 2.75) is 6.61 Å². The maximum atomic E-state index is 12.2.